The summed E-state index contributed by atoms with van der Waals surface area (Å²) in [4.78, 5) is 34.4. The van der Waals surface area contributed by atoms with E-state index in [-0.39, 0.29) is 12.8 Å². The molecule has 0 aliphatic carbocycles. The third-order valence-corrected chi connectivity index (χ3v) is 10.3. The highest BCUT2D eigenvalue weighted by Crippen LogP contribution is 2.43. The molecule has 10 nitrogen and oxygen atoms in total. The van der Waals surface area contributed by atoms with Crippen LogP contribution in [0.3, 0.4) is 0 Å². The van der Waals surface area contributed by atoms with Crippen molar-refractivity contribution in [1.82, 2.24) is 0 Å². The van der Waals surface area contributed by atoms with E-state index in [4.69, 9.17) is 18.5 Å². The van der Waals surface area contributed by atoms with Crippen molar-refractivity contribution in [3.63, 3.8) is 0 Å². The number of aliphatic hydroxyl groups is 2. The van der Waals surface area contributed by atoms with Crippen molar-refractivity contribution in [2.24, 2.45) is 0 Å². The van der Waals surface area contributed by atoms with Crippen LogP contribution in [0.15, 0.2) is 0 Å². The van der Waals surface area contributed by atoms with Gasteiger partial charge in [-0.2, -0.15) is 0 Å². The van der Waals surface area contributed by atoms with Crippen LogP contribution >= 0.6 is 7.82 Å². The van der Waals surface area contributed by atoms with Crippen LogP contribution in [-0.4, -0.2) is 65.7 Å². The van der Waals surface area contributed by atoms with E-state index in [2.05, 4.69) is 13.8 Å². The predicted octanol–water partition coefficient (Wildman–Crippen LogP) is 10.7. The molecule has 0 aliphatic rings. The van der Waals surface area contributed by atoms with Gasteiger partial charge in [-0.3, -0.25) is 18.6 Å². The van der Waals surface area contributed by atoms with Gasteiger partial charge in [0.1, 0.15) is 12.2 Å². The maximum Gasteiger partial charge on any atom is 0.472 e. The number of hydrogen-bond acceptors (Lipinski definition) is 9. The molecule has 0 heterocycles. The number of esters is 2. The SMILES string of the molecule is CCCCCCCCCCCCCCCCCCC(=O)OC(CO)COP(=O)(O)OCC(CO)OC(=O)CCCCCCCCCCCCCC. The topological polar surface area (TPSA) is 149 Å². The van der Waals surface area contributed by atoms with Crippen LogP contribution in [0.1, 0.15) is 206 Å². The Morgan fingerprint density at radius 3 is 0.922 bits per heavy atom. The predicted molar refractivity (Wildman–Crippen MR) is 206 cm³/mol. The average molecular weight is 751 g/mol. The van der Waals surface area contributed by atoms with Gasteiger partial charge in [-0.05, 0) is 12.8 Å². The number of ether oxygens (including phenoxy) is 2. The van der Waals surface area contributed by atoms with Crippen LogP contribution in [-0.2, 0) is 32.7 Å². The van der Waals surface area contributed by atoms with Gasteiger partial charge in [-0.25, -0.2) is 4.57 Å². The van der Waals surface area contributed by atoms with Crippen LogP contribution < -0.4 is 0 Å². The van der Waals surface area contributed by atoms with Gasteiger partial charge in [0.15, 0.2) is 0 Å². The highest BCUT2D eigenvalue weighted by Gasteiger charge is 2.27. The summed E-state index contributed by atoms with van der Waals surface area (Å²) in [5.74, 6) is -1.01. The van der Waals surface area contributed by atoms with Crippen LogP contribution in [0.5, 0.6) is 0 Å². The van der Waals surface area contributed by atoms with Crippen LogP contribution in [0.2, 0.25) is 0 Å². The van der Waals surface area contributed by atoms with Crippen LogP contribution in [0.25, 0.3) is 0 Å². The van der Waals surface area contributed by atoms with Gasteiger partial charge in [0.25, 0.3) is 0 Å². The largest absolute Gasteiger partial charge is 0.472 e. The molecule has 0 saturated carbocycles. The molecule has 0 aromatic heterocycles. The Balaban J connectivity index is 3.90. The Labute approximate surface area is 312 Å². The van der Waals surface area contributed by atoms with E-state index in [0.717, 1.165) is 38.5 Å². The van der Waals surface area contributed by atoms with Crippen molar-refractivity contribution >= 4 is 19.8 Å². The van der Waals surface area contributed by atoms with Gasteiger partial charge in [0.2, 0.25) is 0 Å². The molecule has 0 aromatic rings. The first-order chi connectivity index (χ1) is 24.8. The summed E-state index contributed by atoms with van der Waals surface area (Å²) in [7, 11) is -4.62. The number of phosphoric ester groups is 1. The second kappa shape index (κ2) is 37.3. The lowest BCUT2D eigenvalue weighted by molar-refractivity contribution is -0.153. The molecule has 3 atom stereocenters. The Morgan fingerprint density at radius 2 is 0.686 bits per heavy atom. The number of rotatable bonds is 40. The van der Waals surface area contributed by atoms with Gasteiger partial charge >= 0.3 is 19.8 Å². The summed E-state index contributed by atoms with van der Waals surface area (Å²) < 4.78 is 32.5. The first-order valence-corrected chi connectivity index (χ1v) is 22.5. The summed E-state index contributed by atoms with van der Waals surface area (Å²) in [6, 6.07) is 0. The molecule has 0 radical (unpaired) electrons. The van der Waals surface area contributed by atoms with Gasteiger partial charge < -0.3 is 24.6 Å². The zero-order chi connectivity index (χ0) is 37.7. The molecular formula is C40H79O10P. The molecule has 51 heavy (non-hydrogen) atoms. The maximum absolute atomic E-state index is 12.3. The normalized spacial score (nSPS) is 13.9. The lowest BCUT2D eigenvalue weighted by Crippen LogP contribution is -2.28. The highest BCUT2D eigenvalue weighted by molar-refractivity contribution is 7.47. The molecular weight excluding hydrogens is 671 g/mol. The van der Waals surface area contributed by atoms with E-state index in [1.807, 2.05) is 0 Å². The first-order valence-electron chi connectivity index (χ1n) is 21.0. The van der Waals surface area contributed by atoms with Gasteiger partial charge in [0.05, 0.1) is 26.4 Å². The third kappa shape index (κ3) is 35.8. The molecule has 11 heteroatoms. The number of carbonyl (C=O) groups is 2. The molecule has 3 N–H and O–H groups in total. The quantitative estimate of drug-likeness (QED) is 0.0314. The van der Waals surface area contributed by atoms with Crippen molar-refractivity contribution < 1.29 is 47.8 Å². The Kier molecular flexibility index (Phi) is 36.5. The molecule has 3 unspecified atom stereocenters. The van der Waals surface area contributed by atoms with E-state index < -0.39 is 58.4 Å². The first kappa shape index (κ1) is 50.0. The van der Waals surface area contributed by atoms with Gasteiger partial charge in [-0.1, -0.05) is 181 Å². The van der Waals surface area contributed by atoms with Crippen molar-refractivity contribution in [2.45, 2.75) is 219 Å². The second-order valence-electron chi connectivity index (χ2n) is 14.3. The summed E-state index contributed by atoms with van der Waals surface area (Å²) >= 11 is 0. The number of hydrogen-bond donors (Lipinski definition) is 3. The zero-order valence-corrected chi connectivity index (χ0v) is 33.7. The van der Waals surface area contributed by atoms with Gasteiger partial charge in [0, 0.05) is 12.8 Å². The molecule has 0 spiro atoms. The Bertz CT molecular complexity index is 827. The molecule has 0 fully saturated rings. The van der Waals surface area contributed by atoms with Crippen molar-refractivity contribution in [1.29, 1.82) is 0 Å². The van der Waals surface area contributed by atoms with Crippen LogP contribution in [0.4, 0.5) is 0 Å². The molecule has 304 valence electrons. The lowest BCUT2D eigenvalue weighted by Gasteiger charge is -2.20. The van der Waals surface area contributed by atoms with E-state index in [0.29, 0.717) is 12.8 Å². The van der Waals surface area contributed by atoms with E-state index in [1.54, 1.807) is 0 Å². The standard InChI is InChI=1S/C40H79O10P/c1-3-5-7-9-11-13-15-17-18-19-20-22-24-26-28-30-32-40(44)50-38(34-42)36-48-51(45,46)47-35-37(33-41)49-39(43)31-29-27-25-23-21-16-14-12-10-8-6-4-2/h37-38,41-42H,3-36H2,1-2H3,(H,45,46). The van der Waals surface area contributed by atoms with Crippen molar-refractivity contribution in [3.8, 4) is 0 Å². The summed E-state index contributed by atoms with van der Waals surface area (Å²) in [5, 5.41) is 19.1. The molecule has 0 saturated heterocycles. The van der Waals surface area contributed by atoms with E-state index >= 15 is 0 Å². The number of unbranched alkanes of at least 4 members (excludes halogenated alkanes) is 26. The minimum absolute atomic E-state index is 0.199. The molecule has 0 aliphatic heterocycles. The summed E-state index contributed by atoms with van der Waals surface area (Å²) in [6.07, 6.45) is 32.2. The van der Waals surface area contributed by atoms with Crippen molar-refractivity contribution in [2.75, 3.05) is 26.4 Å². The maximum atomic E-state index is 12.3. The number of aliphatic hydroxyl groups excluding tert-OH is 2. The minimum Gasteiger partial charge on any atom is -0.457 e. The fourth-order valence-electron chi connectivity index (χ4n) is 6.06. The third-order valence-electron chi connectivity index (χ3n) is 9.32. The monoisotopic (exact) mass is 751 g/mol. The fourth-order valence-corrected chi connectivity index (χ4v) is 6.84. The smallest absolute Gasteiger partial charge is 0.457 e. The molecule has 0 rings (SSSR count). The Morgan fingerprint density at radius 1 is 0.451 bits per heavy atom. The highest BCUT2D eigenvalue weighted by atomic mass is 31.2. The van der Waals surface area contributed by atoms with Crippen LogP contribution in [0, 0.1) is 0 Å². The lowest BCUT2D eigenvalue weighted by atomic mass is 10.0. The number of carbonyl (C=O) groups excluding carboxylic acids is 2. The average Bonchev–Trinajstić information content (AvgIpc) is 3.12. The summed E-state index contributed by atoms with van der Waals surface area (Å²) in [6.45, 7) is 2.23. The fraction of sp³-hybridized carbons (Fsp3) is 0.950. The van der Waals surface area contributed by atoms with E-state index in [1.165, 1.54) is 128 Å². The minimum atomic E-state index is -4.62. The van der Waals surface area contributed by atoms with Crippen molar-refractivity contribution in [3.05, 3.63) is 0 Å². The number of phosphoric acid groups is 1. The Hall–Kier alpha value is -1.03. The van der Waals surface area contributed by atoms with E-state index in [9.17, 15) is 29.3 Å². The molecule has 0 aromatic carbocycles. The van der Waals surface area contributed by atoms with Gasteiger partial charge in [-0.15, -0.1) is 0 Å². The summed E-state index contributed by atoms with van der Waals surface area (Å²) in [5.41, 5.74) is 0. The molecule has 0 amide bonds. The molecule has 0 bridgehead atoms. The second-order valence-corrected chi connectivity index (χ2v) is 15.8. The zero-order valence-electron chi connectivity index (χ0n) is 32.8.